The SMILES string of the molecule is Cc1nc(Nc2snc(O)c2C(=N)NC(C)CO)sc1C(=O)Nc1ccc2ccccc2c1Cl. The third-order valence-corrected chi connectivity index (χ3v) is 7.16. The van der Waals surface area contributed by atoms with Gasteiger partial charge in [-0.05, 0) is 36.8 Å². The van der Waals surface area contributed by atoms with Crippen molar-refractivity contribution in [3.05, 3.63) is 57.6 Å². The highest BCUT2D eigenvalue weighted by molar-refractivity contribution is 7.18. The van der Waals surface area contributed by atoms with E-state index >= 15 is 0 Å². The van der Waals surface area contributed by atoms with Crippen molar-refractivity contribution >= 4 is 72.8 Å². The average Bonchev–Trinajstić information content (AvgIpc) is 3.37. The van der Waals surface area contributed by atoms with Crippen molar-refractivity contribution in [1.82, 2.24) is 14.7 Å². The van der Waals surface area contributed by atoms with Crippen LogP contribution in [0.4, 0.5) is 15.8 Å². The molecule has 0 aliphatic heterocycles. The molecule has 1 atom stereocenters. The average molecular weight is 517 g/mol. The normalized spacial score (nSPS) is 11.9. The molecule has 2 aromatic carbocycles. The maximum atomic E-state index is 13.0. The Morgan fingerprint density at radius 3 is 2.79 bits per heavy atom. The number of nitrogens with zero attached hydrogens (tertiary/aromatic N) is 2. The van der Waals surface area contributed by atoms with E-state index in [1.165, 1.54) is 0 Å². The maximum absolute atomic E-state index is 13.0. The van der Waals surface area contributed by atoms with Gasteiger partial charge in [-0.3, -0.25) is 10.2 Å². The van der Waals surface area contributed by atoms with Crippen molar-refractivity contribution < 1.29 is 15.0 Å². The minimum absolute atomic E-state index is 0.0903. The van der Waals surface area contributed by atoms with E-state index in [4.69, 9.17) is 17.0 Å². The number of hydrogen-bond acceptors (Lipinski definition) is 9. The Hall–Kier alpha value is -3.25. The summed E-state index contributed by atoms with van der Waals surface area (Å²) < 4.78 is 3.90. The zero-order valence-electron chi connectivity index (χ0n) is 18.1. The summed E-state index contributed by atoms with van der Waals surface area (Å²) in [6.45, 7) is 3.25. The monoisotopic (exact) mass is 516 g/mol. The minimum Gasteiger partial charge on any atom is -0.492 e. The van der Waals surface area contributed by atoms with Gasteiger partial charge in [-0.1, -0.05) is 53.3 Å². The summed E-state index contributed by atoms with van der Waals surface area (Å²) in [6, 6.07) is 10.9. The fourth-order valence-electron chi connectivity index (χ4n) is 3.22. The van der Waals surface area contributed by atoms with Crippen LogP contribution in [0.15, 0.2) is 36.4 Å². The number of aromatic nitrogens is 2. The highest BCUT2D eigenvalue weighted by Gasteiger charge is 2.22. The van der Waals surface area contributed by atoms with E-state index in [0.717, 1.165) is 33.6 Å². The summed E-state index contributed by atoms with van der Waals surface area (Å²) in [5.74, 6) is -0.751. The molecule has 2 heterocycles. The second-order valence-corrected chi connectivity index (χ2v) is 9.62. The first kappa shape index (κ1) is 23.9. The highest BCUT2D eigenvalue weighted by Crippen LogP contribution is 2.35. The molecule has 0 aliphatic carbocycles. The van der Waals surface area contributed by atoms with Crippen molar-refractivity contribution in [1.29, 1.82) is 5.41 Å². The number of nitrogens with one attached hydrogen (secondary N) is 4. The van der Waals surface area contributed by atoms with E-state index in [9.17, 15) is 15.0 Å². The standard InChI is InChI=1S/C22H21ClN6O3S2/c1-10(9-30)25-18(24)15-19(31)29-34-21(15)28-22-26-11(2)17(33-22)20(32)27-14-8-7-12-5-3-4-6-13(12)16(14)23/h3-8,10,30H,9H2,1-2H3,(H2,24,25)(H,26,28)(H,27,32)(H,29,31). The van der Waals surface area contributed by atoms with Crippen molar-refractivity contribution in [2.24, 2.45) is 0 Å². The molecule has 0 aliphatic rings. The molecule has 4 rings (SSSR count). The first-order valence-electron chi connectivity index (χ1n) is 10.2. The summed E-state index contributed by atoms with van der Waals surface area (Å²) in [5.41, 5.74) is 1.17. The van der Waals surface area contributed by atoms with Crippen LogP contribution in [0.25, 0.3) is 10.8 Å². The van der Waals surface area contributed by atoms with Crippen molar-refractivity contribution in [3.63, 3.8) is 0 Å². The molecule has 2 aromatic heterocycles. The number of amides is 1. The molecule has 34 heavy (non-hydrogen) atoms. The second-order valence-electron chi connectivity index (χ2n) is 7.47. The van der Waals surface area contributed by atoms with Crippen LogP contribution < -0.4 is 16.0 Å². The van der Waals surface area contributed by atoms with Crippen LogP contribution >= 0.6 is 34.5 Å². The van der Waals surface area contributed by atoms with E-state index in [1.54, 1.807) is 19.9 Å². The van der Waals surface area contributed by atoms with Crippen LogP contribution in [0.1, 0.15) is 27.9 Å². The number of benzene rings is 2. The Morgan fingerprint density at radius 2 is 2.03 bits per heavy atom. The lowest BCUT2D eigenvalue weighted by molar-refractivity contribution is 0.103. The van der Waals surface area contributed by atoms with Crippen LogP contribution in [0, 0.1) is 12.3 Å². The maximum Gasteiger partial charge on any atom is 0.267 e. The Bertz CT molecular complexity index is 1390. The van der Waals surface area contributed by atoms with Crippen LogP contribution in [0.2, 0.25) is 5.02 Å². The molecule has 176 valence electrons. The molecule has 0 spiro atoms. The fourth-order valence-corrected chi connectivity index (χ4v) is 5.13. The lowest BCUT2D eigenvalue weighted by Gasteiger charge is -2.13. The van der Waals surface area contributed by atoms with Gasteiger partial charge in [0.25, 0.3) is 5.91 Å². The predicted molar refractivity (Wildman–Crippen MR) is 137 cm³/mol. The number of carbonyl (C=O) groups excluding carboxylic acids is 1. The van der Waals surface area contributed by atoms with Crippen LogP contribution in [0.3, 0.4) is 0 Å². The first-order chi connectivity index (χ1) is 16.3. The number of hydrogen-bond donors (Lipinski definition) is 6. The van der Waals surface area contributed by atoms with Crippen LogP contribution in [0.5, 0.6) is 5.88 Å². The van der Waals surface area contributed by atoms with Gasteiger partial charge in [-0.15, -0.1) is 0 Å². The third kappa shape index (κ3) is 4.82. The molecule has 12 heteroatoms. The fraction of sp³-hybridized carbons (Fsp3) is 0.182. The smallest absolute Gasteiger partial charge is 0.267 e. The van der Waals surface area contributed by atoms with Gasteiger partial charge in [-0.2, -0.15) is 4.37 Å². The van der Waals surface area contributed by atoms with Crippen molar-refractivity contribution in [2.45, 2.75) is 19.9 Å². The number of aliphatic hydroxyl groups excluding tert-OH is 1. The number of fused-ring (bicyclic) bond motifs is 1. The number of aliphatic hydroxyl groups is 1. The molecule has 0 radical (unpaired) electrons. The summed E-state index contributed by atoms with van der Waals surface area (Å²) in [7, 11) is 0. The van der Waals surface area contributed by atoms with Gasteiger partial charge in [0.15, 0.2) is 5.13 Å². The molecular formula is C22H21ClN6O3S2. The highest BCUT2D eigenvalue weighted by atomic mass is 35.5. The molecule has 0 fully saturated rings. The number of thiazole rings is 1. The number of carbonyl (C=O) groups is 1. The predicted octanol–water partition coefficient (Wildman–Crippen LogP) is 4.71. The summed E-state index contributed by atoms with van der Waals surface area (Å²) in [4.78, 5) is 17.8. The number of aryl methyl sites for hydroxylation is 1. The molecular weight excluding hydrogens is 496 g/mol. The van der Waals surface area contributed by atoms with E-state index in [-0.39, 0.29) is 35.8 Å². The van der Waals surface area contributed by atoms with Crippen LogP contribution in [-0.2, 0) is 0 Å². The number of rotatable bonds is 7. The Morgan fingerprint density at radius 1 is 1.26 bits per heavy atom. The topological polar surface area (TPSA) is 143 Å². The number of amidine groups is 1. The van der Waals surface area contributed by atoms with Gasteiger partial charge in [0.1, 0.15) is 21.3 Å². The second kappa shape index (κ2) is 9.94. The van der Waals surface area contributed by atoms with Gasteiger partial charge >= 0.3 is 0 Å². The first-order valence-corrected chi connectivity index (χ1v) is 12.1. The lowest BCUT2D eigenvalue weighted by Crippen LogP contribution is -2.35. The summed E-state index contributed by atoms with van der Waals surface area (Å²) in [5, 5.41) is 39.2. The van der Waals surface area contributed by atoms with Gasteiger partial charge < -0.3 is 26.2 Å². The lowest BCUT2D eigenvalue weighted by atomic mass is 10.1. The zero-order valence-corrected chi connectivity index (χ0v) is 20.5. The van der Waals surface area contributed by atoms with Gasteiger partial charge in [0.05, 0.1) is 23.0 Å². The van der Waals surface area contributed by atoms with E-state index in [2.05, 4.69) is 25.3 Å². The third-order valence-electron chi connectivity index (χ3n) is 4.92. The van der Waals surface area contributed by atoms with Crippen molar-refractivity contribution in [3.8, 4) is 5.88 Å². The molecule has 1 unspecified atom stereocenters. The van der Waals surface area contributed by atoms with E-state index < -0.39 is 0 Å². The van der Waals surface area contributed by atoms with Gasteiger partial charge in [0, 0.05) is 11.4 Å². The molecule has 4 aromatic rings. The zero-order chi connectivity index (χ0) is 24.4. The molecule has 0 saturated carbocycles. The van der Waals surface area contributed by atoms with E-state index in [0.29, 0.717) is 31.4 Å². The van der Waals surface area contributed by atoms with E-state index in [1.807, 2.05) is 30.3 Å². The molecule has 9 nitrogen and oxygen atoms in total. The van der Waals surface area contributed by atoms with Crippen LogP contribution in [-0.4, -0.2) is 44.0 Å². The number of aromatic hydroxyl groups is 1. The molecule has 6 N–H and O–H groups in total. The molecule has 0 saturated heterocycles. The van der Waals surface area contributed by atoms with Gasteiger partial charge in [0.2, 0.25) is 5.88 Å². The Kier molecular flexibility index (Phi) is 6.98. The largest absolute Gasteiger partial charge is 0.492 e. The number of halogens is 1. The summed E-state index contributed by atoms with van der Waals surface area (Å²) in [6.07, 6.45) is 0. The quantitative estimate of drug-likeness (QED) is 0.154. The number of anilines is 3. The van der Waals surface area contributed by atoms with Gasteiger partial charge in [-0.25, -0.2) is 4.98 Å². The van der Waals surface area contributed by atoms with Crippen molar-refractivity contribution in [2.75, 3.05) is 17.2 Å². The molecule has 0 bridgehead atoms. The molecule has 1 amide bonds. The Balaban J connectivity index is 1.54. The Labute approximate surface area is 208 Å². The summed E-state index contributed by atoms with van der Waals surface area (Å²) >= 11 is 8.60. The minimum atomic E-state index is -0.376.